The fraction of sp³-hybridized carbons (Fsp3) is 0.643. The van der Waals surface area contributed by atoms with Crippen LogP contribution >= 0.6 is 11.6 Å². The maximum atomic E-state index is 7.00. The summed E-state index contributed by atoms with van der Waals surface area (Å²) in [4.78, 5) is 8.38. The molecule has 0 spiro atoms. The summed E-state index contributed by atoms with van der Waals surface area (Å²) in [5.74, 6) is 0. The molecule has 3 rings (SSSR count). The number of nitrogens with zero attached hydrogens (tertiary/aromatic N) is 4. The maximum Gasteiger partial charge on any atom is 0.224 e. The van der Waals surface area contributed by atoms with Crippen molar-refractivity contribution in [2.45, 2.75) is 32.1 Å². The largest absolute Gasteiger partial charge is 0.400 e. The molecule has 2 N–H and O–H groups in total. The minimum atomic E-state index is -0.108. The highest BCUT2D eigenvalue weighted by molar-refractivity contribution is 6.28. The van der Waals surface area contributed by atoms with Crippen molar-refractivity contribution in [1.82, 2.24) is 19.7 Å². The molecule has 2 atom stereocenters. The number of aryl methyl sites for hydroxylation is 1. The number of aliphatic hydroxyl groups excluding tert-OH is 2. The van der Waals surface area contributed by atoms with Gasteiger partial charge < -0.3 is 19.7 Å². The number of halogens is 1. The van der Waals surface area contributed by atoms with Crippen LogP contribution in [0.2, 0.25) is 5.28 Å². The van der Waals surface area contributed by atoms with Gasteiger partial charge in [-0.05, 0) is 31.4 Å². The lowest BCUT2D eigenvalue weighted by atomic mass is 10.2. The van der Waals surface area contributed by atoms with Gasteiger partial charge in [0.25, 0.3) is 0 Å². The standard InChI is InChI=1S/C12H15ClN4O2.2CH4O/c1-7-9-5-14-17(11(9)16-12(13)15-7)10-4-3-8(19-10)6-18-2;2*1-2/h5,8,10H,3-4,6H2,1-2H3;2*2H,1H3. The summed E-state index contributed by atoms with van der Waals surface area (Å²) in [5.41, 5.74) is 1.55. The Hall–Kier alpha value is -1.32. The van der Waals surface area contributed by atoms with Gasteiger partial charge in [-0.2, -0.15) is 10.1 Å². The van der Waals surface area contributed by atoms with Gasteiger partial charge in [0.05, 0.1) is 30.0 Å². The van der Waals surface area contributed by atoms with Crippen LogP contribution < -0.4 is 0 Å². The first kappa shape index (κ1) is 19.7. The van der Waals surface area contributed by atoms with Crippen LogP contribution in [0.25, 0.3) is 11.0 Å². The summed E-state index contributed by atoms with van der Waals surface area (Å²) in [6, 6.07) is 0. The molecule has 0 aromatic carbocycles. The minimum Gasteiger partial charge on any atom is -0.400 e. The van der Waals surface area contributed by atoms with Crippen molar-refractivity contribution in [3.63, 3.8) is 0 Å². The lowest BCUT2D eigenvalue weighted by molar-refractivity contribution is -0.0350. The van der Waals surface area contributed by atoms with Crippen LogP contribution in [0, 0.1) is 6.92 Å². The highest BCUT2D eigenvalue weighted by Crippen LogP contribution is 2.30. The van der Waals surface area contributed by atoms with Gasteiger partial charge in [0.15, 0.2) is 11.9 Å². The number of aromatic nitrogens is 4. The van der Waals surface area contributed by atoms with E-state index in [4.69, 9.17) is 31.3 Å². The number of ether oxygens (including phenoxy) is 2. The van der Waals surface area contributed by atoms with E-state index in [1.54, 1.807) is 18.0 Å². The van der Waals surface area contributed by atoms with Crippen LogP contribution in [-0.2, 0) is 9.47 Å². The second-order valence-electron chi connectivity index (χ2n) is 4.65. The fourth-order valence-electron chi connectivity index (χ4n) is 2.42. The highest BCUT2D eigenvalue weighted by Gasteiger charge is 2.28. The van der Waals surface area contributed by atoms with Crippen molar-refractivity contribution in [1.29, 1.82) is 0 Å². The third kappa shape index (κ3) is 4.58. The first-order valence-electron chi connectivity index (χ1n) is 7.10. The number of hydrogen-bond donors (Lipinski definition) is 2. The zero-order valence-corrected chi connectivity index (χ0v) is 14.5. The number of aliphatic hydroxyl groups is 2. The Morgan fingerprint density at radius 2 is 2.00 bits per heavy atom. The summed E-state index contributed by atoms with van der Waals surface area (Å²) < 4.78 is 12.8. The molecule has 2 unspecified atom stereocenters. The Bertz CT molecular complexity index is 608. The molecule has 23 heavy (non-hydrogen) atoms. The number of hydrogen-bond acceptors (Lipinski definition) is 7. The molecule has 1 aliphatic heterocycles. The normalized spacial score (nSPS) is 19.8. The molecule has 2 aromatic heterocycles. The molecule has 1 fully saturated rings. The molecule has 3 heterocycles. The predicted molar refractivity (Wildman–Crippen MR) is 86.4 cm³/mol. The van der Waals surface area contributed by atoms with E-state index < -0.39 is 0 Å². The van der Waals surface area contributed by atoms with Crippen molar-refractivity contribution >= 4 is 22.6 Å². The zero-order chi connectivity index (χ0) is 17.4. The van der Waals surface area contributed by atoms with Gasteiger partial charge in [-0.1, -0.05) is 0 Å². The Labute approximate surface area is 140 Å². The van der Waals surface area contributed by atoms with Gasteiger partial charge in [-0.3, -0.25) is 0 Å². The van der Waals surface area contributed by atoms with E-state index in [0.717, 1.165) is 43.8 Å². The van der Waals surface area contributed by atoms with Crippen LogP contribution in [0.15, 0.2) is 6.20 Å². The first-order valence-corrected chi connectivity index (χ1v) is 7.48. The van der Waals surface area contributed by atoms with Crippen LogP contribution in [0.5, 0.6) is 0 Å². The van der Waals surface area contributed by atoms with Gasteiger partial charge in [0.1, 0.15) is 0 Å². The van der Waals surface area contributed by atoms with E-state index in [0.29, 0.717) is 6.61 Å². The van der Waals surface area contributed by atoms with E-state index in [2.05, 4.69) is 15.1 Å². The molecule has 0 aliphatic carbocycles. The summed E-state index contributed by atoms with van der Waals surface area (Å²) >= 11 is 5.91. The van der Waals surface area contributed by atoms with Crippen molar-refractivity contribution in [3.8, 4) is 0 Å². The average Bonchev–Trinajstić information content (AvgIpc) is 3.18. The second kappa shape index (κ2) is 9.74. The molecule has 0 saturated carbocycles. The molecule has 2 aromatic rings. The second-order valence-corrected chi connectivity index (χ2v) is 4.99. The number of rotatable bonds is 3. The monoisotopic (exact) mass is 346 g/mol. The predicted octanol–water partition coefficient (Wildman–Crippen LogP) is 1.33. The van der Waals surface area contributed by atoms with Crippen molar-refractivity contribution in [2.24, 2.45) is 0 Å². The topological polar surface area (TPSA) is 103 Å². The molecule has 0 radical (unpaired) electrons. The zero-order valence-electron chi connectivity index (χ0n) is 13.7. The maximum absolute atomic E-state index is 7.00. The Balaban J connectivity index is 0.000000615. The number of fused-ring (bicyclic) bond motifs is 1. The highest BCUT2D eigenvalue weighted by atomic mass is 35.5. The summed E-state index contributed by atoms with van der Waals surface area (Å²) in [7, 11) is 3.68. The van der Waals surface area contributed by atoms with Gasteiger partial charge in [0.2, 0.25) is 5.28 Å². The van der Waals surface area contributed by atoms with Gasteiger partial charge in [0, 0.05) is 21.3 Å². The van der Waals surface area contributed by atoms with Crippen LogP contribution in [0.3, 0.4) is 0 Å². The smallest absolute Gasteiger partial charge is 0.224 e. The van der Waals surface area contributed by atoms with E-state index in [1.165, 1.54) is 0 Å². The van der Waals surface area contributed by atoms with Gasteiger partial charge >= 0.3 is 0 Å². The van der Waals surface area contributed by atoms with Crippen LogP contribution in [-0.4, -0.2) is 64.0 Å². The first-order chi connectivity index (χ1) is 11.2. The van der Waals surface area contributed by atoms with Gasteiger partial charge in [-0.25, -0.2) is 9.67 Å². The molecule has 0 amide bonds. The third-order valence-corrected chi connectivity index (χ3v) is 3.50. The van der Waals surface area contributed by atoms with Gasteiger partial charge in [-0.15, -0.1) is 0 Å². The van der Waals surface area contributed by atoms with E-state index in [9.17, 15) is 0 Å². The molecular weight excluding hydrogens is 324 g/mol. The third-order valence-electron chi connectivity index (χ3n) is 3.33. The molecule has 130 valence electrons. The Morgan fingerprint density at radius 3 is 2.65 bits per heavy atom. The van der Waals surface area contributed by atoms with E-state index in [-0.39, 0.29) is 17.6 Å². The molecule has 9 heteroatoms. The lowest BCUT2D eigenvalue weighted by Crippen LogP contribution is -2.16. The fourth-order valence-corrected chi connectivity index (χ4v) is 2.63. The SMILES string of the molecule is CO.CO.COCC1CCC(n2ncc3c(C)nc(Cl)nc32)O1. The summed E-state index contributed by atoms with van der Waals surface area (Å²) in [6.45, 7) is 2.50. The summed E-state index contributed by atoms with van der Waals surface area (Å²) in [6.07, 6.45) is 3.62. The quantitative estimate of drug-likeness (QED) is 0.808. The minimum absolute atomic E-state index is 0.108. The van der Waals surface area contributed by atoms with Crippen LogP contribution in [0.4, 0.5) is 0 Å². The Kier molecular flexibility index (Phi) is 8.35. The molecular formula is C14H23ClN4O4. The Morgan fingerprint density at radius 1 is 1.30 bits per heavy atom. The van der Waals surface area contributed by atoms with Crippen molar-refractivity contribution in [3.05, 3.63) is 17.2 Å². The van der Waals surface area contributed by atoms with Crippen molar-refractivity contribution in [2.75, 3.05) is 27.9 Å². The lowest BCUT2D eigenvalue weighted by Gasteiger charge is -2.14. The molecule has 1 saturated heterocycles. The van der Waals surface area contributed by atoms with Crippen LogP contribution in [0.1, 0.15) is 24.8 Å². The number of methoxy groups -OCH3 is 1. The van der Waals surface area contributed by atoms with Crippen molar-refractivity contribution < 1.29 is 19.7 Å². The summed E-state index contributed by atoms with van der Waals surface area (Å²) in [5, 5.41) is 19.5. The van der Waals surface area contributed by atoms with E-state index >= 15 is 0 Å². The average molecular weight is 347 g/mol. The molecule has 8 nitrogen and oxygen atoms in total. The molecule has 1 aliphatic rings. The van der Waals surface area contributed by atoms with E-state index in [1.807, 2.05) is 6.92 Å². The molecule has 0 bridgehead atoms.